The van der Waals surface area contributed by atoms with Gasteiger partial charge in [0, 0.05) is 12.1 Å². The third kappa shape index (κ3) is 4.55. The lowest BCUT2D eigenvalue weighted by atomic mass is 10.1. The number of hydrogen-bond donors (Lipinski definition) is 2. The maximum Gasteiger partial charge on any atom is 0.255 e. The van der Waals surface area contributed by atoms with Gasteiger partial charge in [0.05, 0.1) is 12.7 Å². The lowest BCUT2D eigenvalue weighted by Gasteiger charge is -2.12. The van der Waals surface area contributed by atoms with Crippen molar-refractivity contribution in [1.29, 1.82) is 0 Å². The van der Waals surface area contributed by atoms with Gasteiger partial charge in [-0.15, -0.1) is 0 Å². The predicted octanol–water partition coefficient (Wildman–Crippen LogP) is 0.476. The number of nitrogens with zero attached hydrogens (tertiary/aromatic N) is 1. The van der Waals surface area contributed by atoms with Crippen LogP contribution in [0, 0.1) is 0 Å². The van der Waals surface area contributed by atoms with E-state index in [2.05, 4.69) is 5.32 Å². The lowest BCUT2D eigenvalue weighted by molar-refractivity contribution is 0.0946. The monoisotopic (exact) mass is 279 g/mol. The molecule has 0 aliphatic heterocycles. The molecule has 0 radical (unpaired) electrons. The first kappa shape index (κ1) is 16.0. The topological polar surface area (TPSA) is 84.7 Å². The second kappa shape index (κ2) is 7.49. The second-order valence-corrected chi connectivity index (χ2v) is 4.69. The van der Waals surface area contributed by atoms with E-state index in [9.17, 15) is 9.59 Å². The molecule has 20 heavy (non-hydrogen) atoms. The molecule has 0 fully saturated rings. The van der Waals surface area contributed by atoms with Gasteiger partial charge in [0.1, 0.15) is 5.75 Å². The van der Waals surface area contributed by atoms with Crippen LogP contribution in [-0.4, -0.2) is 51.0 Å². The van der Waals surface area contributed by atoms with E-state index in [0.717, 1.165) is 13.0 Å². The highest BCUT2D eigenvalue weighted by Gasteiger charge is 2.13. The minimum atomic E-state index is -0.554. The Morgan fingerprint density at radius 1 is 1.35 bits per heavy atom. The standard InChI is InChI=1S/C14H21N3O3/c1-17(2)8-4-7-16-14(19)11-6-5-10(13(15)18)9-12(11)20-3/h5-6,9H,4,7-8H2,1-3H3,(H2,15,18)(H,16,19). The highest BCUT2D eigenvalue weighted by atomic mass is 16.5. The Morgan fingerprint density at radius 2 is 2.05 bits per heavy atom. The largest absolute Gasteiger partial charge is 0.496 e. The van der Waals surface area contributed by atoms with Crippen LogP contribution in [0.2, 0.25) is 0 Å². The molecule has 6 nitrogen and oxygen atoms in total. The smallest absolute Gasteiger partial charge is 0.255 e. The molecule has 6 heteroatoms. The van der Waals surface area contributed by atoms with Crippen molar-refractivity contribution in [1.82, 2.24) is 10.2 Å². The first-order valence-electron chi connectivity index (χ1n) is 6.36. The van der Waals surface area contributed by atoms with Crippen LogP contribution < -0.4 is 15.8 Å². The number of amides is 2. The van der Waals surface area contributed by atoms with E-state index in [1.807, 2.05) is 19.0 Å². The zero-order valence-corrected chi connectivity index (χ0v) is 12.1. The number of carbonyl (C=O) groups excluding carboxylic acids is 2. The molecule has 3 N–H and O–H groups in total. The zero-order chi connectivity index (χ0) is 15.1. The summed E-state index contributed by atoms with van der Waals surface area (Å²) in [6, 6.07) is 4.52. The van der Waals surface area contributed by atoms with Crippen LogP contribution in [0.15, 0.2) is 18.2 Å². The van der Waals surface area contributed by atoms with E-state index in [1.54, 1.807) is 6.07 Å². The van der Waals surface area contributed by atoms with Gasteiger partial charge in [-0.05, 0) is 45.3 Å². The molecular formula is C14H21N3O3. The van der Waals surface area contributed by atoms with Gasteiger partial charge >= 0.3 is 0 Å². The molecule has 2 amide bonds. The Kier molecular flexibility index (Phi) is 5.99. The summed E-state index contributed by atoms with van der Waals surface area (Å²) in [5.41, 5.74) is 5.89. The molecule has 0 aliphatic rings. The Morgan fingerprint density at radius 3 is 2.60 bits per heavy atom. The summed E-state index contributed by atoms with van der Waals surface area (Å²) in [4.78, 5) is 25.2. The Hall–Kier alpha value is -2.08. The summed E-state index contributed by atoms with van der Waals surface area (Å²) < 4.78 is 5.12. The summed E-state index contributed by atoms with van der Waals surface area (Å²) in [5, 5.41) is 2.82. The van der Waals surface area contributed by atoms with Crippen LogP contribution in [-0.2, 0) is 0 Å². The molecule has 0 aromatic heterocycles. The number of nitrogens with one attached hydrogen (secondary N) is 1. The van der Waals surface area contributed by atoms with Crippen molar-refractivity contribution >= 4 is 11.8 Å². The predicted molar refractivity (Wildman–Crippen MR) is 77.0 cm³/mol. The van der Waals surface area contributed by atoms with E-state index in [4.69, 9.17) is 10.5 Å². The first-order chi connectivity index (χ1) is 9.45. The van der Waals surface area contributed by atoms with Gasteiger partial charge in [-0.25, -0.2) is 0 Å². The van der Waals surface area contributed by atoms with Crippen LogP contribution in [0.3, 0.4) is 0 Å². The van der Waals surface area contributed by atoms with E-state index >= 15 is 0 Å². The van der Waals surface area contributed by atoms with Crippen molar-refractivity contribution < 1.29 is 14.3 Å². The Bertz CT molecular complexity index is 487. The zero-order valence-electron chi connectivity index (χ0n) is 12.1. The molecule has 0 saturated heterocycles. The minimum Gasteiger partial charge on any atom is -0.496 e. The molecule has 0 bridgehead atoms. The number of rotatable bonds is 7. The van der Waals surface area contributed by atoms with Gasteiger partial charge in [-0.1, -0.05) is 0 Å². The van der Waals surface area contributed by atoms with Crippen LogP contribution in [0.1, 0.15) is 27.1 Å². The van der Waals surface area contributed by atoms with Crippen LogP contribution in [0.5, 0.6) is 5.75 Å². The normalized spacial score (nSPS) is 10.4. The van der Waals surface area contributed by atoms with Crippen LogP contribution in [0.4, 0.5) is 0 Å². The van der Waals surface area contributed by atoms with Gasteiger partial charge in [-0.2, -0.15) is 0 Å². The second-order valence-electron chi connectivity index (χ2n) is 4.69. The number of ether oxygens (including phenoxy) is 1. The molecule has 0 aliphatic carbocycles. The van der Waals surface area contributed by atoms with E-state index in [-0.39, 0.29) is 5.91 Å². The third-order valence-electron chi connectivity index (χ3n) is 2.80. The van der Waals surface area contributed by atoms with Gasteiger partial charge in [-0.3, -0.25) is 9.59 Å². The van der Waals surface area contributed by atoms with Crippen molar-refractivity contribution in [2.24, 2.45) is 5.73 Å². The summed E-state index contributed by atoms with van der Waals surface area (Å²) in [6.07, 6.45) is 0.862. The summed E-state index contributed by atoms with van der Waals surface area (Å²) in [7, 11) is 5.41. The van der Waals surface area contributed by atoms with Crippen molar-refractivity contribution in [3.63, 3.8) is 0 Å². The van der Waals surface area contributed by atoms with Gasteiger partial charge in [0.2, 0.25) is 5.91 Å². The number of methoxy groups -OCH3 is 1. The summed E-state index contributed by atoms with van der Waals surface area (Å²) in [5.74, 6) is -0.440. The average Bonchev–Trinajstić information content (AvgIpc) is 2.42. The fraction of sp³-hybridized carbons (Fsp3) is 0.429. The molecule has 0 spiro atoms. The van der Waals surface area contributed by atoms with Gasteiger partial charge in [0.25, 0.3) is 5.91 Å². The number of nitrogens with two attached hydrogens (primary N) is 1. The quantitative estimate of drug-likeness (QED) is 0.711. The fourth-order valence-electron chi connectivity index (χ4n) is 1.72. The number of benzene rings is 1. The first-order valence-corrected chi connectivity index (χ1v) is 6.36. The maximum absolute atomic E-state index is 12.0. The molecule has 1 aromatic rings. The minimum absolute atomic E-state index is 0.225. The Balaban J connectivity index is 2.70. The Labute approximate surface area is 118 Å². The van der Waals surface area contributed by atoms with Gasteiger partial charge in [0.15, 0.2) is 0 Å². The highest BCUT2D eigenvalue weighted by molar-refractivity contribution is 5.99. The molecule has 1 aromatic carbocycles. The molecule has 110 valence electrons. The SMILES string of the molecule is COc1cc(C(N)=O)ccc1C(=O)NCCCN(C)C. The lowest BCUT2D eigenvalue weighted by Crippen LogP contribution is -2.27. The number of primary amides is 1. The van der Waals surface area contributed by atoms with Crippen molar-refractivity contribution in [2.45, 2.75) is 6.42 Å². The van der Waals surface area contributed by atoms with Crippen molar-refractivity contribution in [2.75, 3.05) is 34.3 Å². The van der Waals surface area contributed by atoms with Crippen LogP contribution in [0.25, 0.3) is 0 Å². The summed E-state index contributed by atoms with van der Waals surface area (Å²) in [6.45, 7) is 1.48. The maximum atomic E-state index is 12.0. The molecular weight excluding hydrogens is 258 g/mol. The molecule has 0 unspecified atom stereocenters. The molecule has 0 atom stereocenters. The third-order valence-corrected chi connectivity index (χ3v) is 2.80. The molecule has 0 saturated carbocycles. The van der Waals surface area contributed by atoms with Crippen molar-refractivity contribution in [3.8, 4) is 5.75 Å². The van der Waals surface area contributed by atoms with E-state index < -0.39 is 5.91 Å². The molecule has 1 rings (SSSR count). The highest BCUT2D eigenvalue weighted by Crippen LogP contribution is 2.20. The number of hydrogen-bond acceptors (Lipinski definition) is 4. The summed E-state index contributed by atoms with van der Waals surface area (Å²) >= 11 is 0. The average molecular weight is 279 g/mol. The molecule has 0 heterocycles. The van der Waals surface area contributed by atoms with E-state index in [0.29, 0.717) is 23.4 Å². The van der Waals surface area contributed by atoms with Crippen LogP contribution >= 0.6 is 0 Å². The van der Waals surface area contributed by atoms with E-state index in [1.165, 1.54) is 19.2 Å². The van der Waals surface area contributed by atoms with Gasteiger partial charge < -0.3 is 20.7 Å². The van der Waals surface area contributed by atoms with Crippen molar-refractivity contribution in [3.05, 3.63) is 29.3 Å². The number of carbonyl (C=O) groups is 2. The fourth-order valence-corrected chi connectivity index (χ4v) is 1.72.